The first-order chi connectivity index (χ1) is 16.9. The summed E-state index contributed by atoms with van der Waals surface area (Å²) < 4.78 is 12.7. The Labute approximate surface area is 208 Å². The molecule has 182 valence electrons. The highest BCUT2D eigenvalue weighted by Gasteiger charge is 2.45. The van der Waals surface area contributed by atoms with Gasteiger partial charge in [0.05, 0.1) is 36.9 Å². The molecule has 1 fully saturated rings. The van der Waals surface area contributed by atoms with Crippen molar-refractivity contribution >= 4 is 29.1 Å². The summed E-state index contributed by atoms with van der Waals surface area (Å²) in [5.41, 5.74) is 1.05. The zero-order valence-corrected chi connectivity index (χ0v) is 20.3. The van der Waals surface area contributed by atoms with Gasteiger partial charge in [0.25, 0.3) is 11.7 Å². The Bertz CT molecular complexity index is 1240. The van der Waals surface area contributed by atoms with E-state index in [-0.39, 0.29) is 11.3 Å². The quantitative estimate of drug-likeness (QED) is 0.203. The number of aromatic amines is 1. The minimum absolute atomic E-state index is 0.0229. The van der Waals surface area contributed by atoms with Crippen LogP contribution in [0, 0.1) is 0 Å². The molecular weight excluding hydrogens is 470 g/mol. The zero-order chi connectivity index (χ0) is 24.9. The molecule has 1 atom stereocenters. The van der Waals surface area contributed by atoms with Gasteiger partial charge < -0.3 is 19.5 Å². The topological polar surface area (TPSA) is 95.7 Å². The van der Waals surface area contributed by atoms with E-state index < -0.39 is 17.7 Å². The molecule has 2 N–H and O–H groups in total. The van der Waals surface area contributed by atoms with E-state index in [1.54, 1.807) is 43.5 Å². The highest BCUT2D eigenvalue weighted by Crippen LogP contribution is 2.40. The number of ether oxygens (including phenoxy) is 2. The van der Waals surface area contributed by atoms with Gasteiger partial charge in [-0.15, -0.1) is 0 Å². The molecular formula is C26H27ClN3O5+. The molecule has 1 aromatic heterocycles. The van der Waals surface area contributed by atoms with Crippen molar-refractivity contribution in [3.8, 4) is 11.5 Å². The summed E-state index contributed by atoms with van der Waals surface area (Å²) in [5, 5.41) is 11.5. The van der Waals surface area contributed by atoms with Gasteiger partial charge in [0, 0.05) is 18.5 Å². The van der Waals surface area contributed by atoms with Crippen LogP contribution >= 0.6 is 11.6 Å². The lowest BCUT2D eigenvalue weighted by molar-refractivity contribution is -0.695. The number of benzene rings is 2. The zero-order valence-electron chi connectivity index (χ0n) is 19.5. The number of imidazole rings is 1. The number of H-pyrrole nitrogens is 1. The lowest BCUT2D eigenvalue weighted by Gasteiger charge is -2.25. The number of nitrogens with one attached hydrogen (secondary N) is 1. The van der Waals surface area contributed by atoms with Crippen LogP contribution in [0.3, 0.4) is 0 Å². The summed E-state index contributed by atoms with van der Waals surface area (Å²) >= 11 is 6.32. The molecule has 1 amide bonds. The number of nitrogens with zero attached hydrogens (tertiary/aromatic N) is 2. The highest BCUT2D eigenvalue weighted by atomic mass is 35.5. The number of rotatable bonds is 9. The minimum Gasteiger partial charge on any atom is -0.507 e. The van der Waals surface area contributed by atoms with E-state index in [1.807, 2.05) is 30.2 Å². The van der Waals surface area contributed by atoms with Crippen LogP contribution in [0.5, 0.6) is 11.5 Å². The van der Waals surface area contributed by atoms with Gasteiger partial charge >= 0.3 is 0 Å². The first-order valence-corrected chi connectivity index (χ1v) is 11.7. The number of aliphatic hydroxyl groups is 1. The van der Waals surface area contributed by atoms with Gasteiger partial charge in [0.15, 0.2) is 0 Å². The Morgan fingerprint density at radius 3 is 2.60 bits per heavy atom. The molecule has 0 aliphatic carbocycles. The van der Waals surface area contributed by atoms with Gasteiger partial charge in [-0.3, -0.25) is 14.6 Å². The van der Waals surface area contributed by atoms with Crippen molar-refractivity contribution in [3.63, 3.8) is 0 Å². The van der Waals surface area contributed by atoms with E-state index in [1.165, 1.54) is 11.0 Å². The highest BCUT2D eigenvalue weighted by molar-refractivity contribution is 6.46. The number of halogens is 1. The molecule has 4 rings (SSSR count). The molecule has 1 aliphatic rings. The normalized spacial score (nSPS) is 17.1. The fraction of sp³-hybridized carbons (Fsp3) is 0.269. The van der Waals surface area contributed by atoms with Gasteiger partial charge in [0.2, 0.25) is 6.33 Å². The second-order valence-electron chi connectivity index (χ2n) is 8.05. The number of hydrogen-bond acceptors (Lipinski definition) is 5. The SMILES string of the molecule is CCOc1ccc(/C(O)=C2\C(=O)C(=O)N(CCC[n+]3cc[nH]c3)C2c2ccc(OC)cc2)cc1Cl. The maximum atomic E-state index is 13.2. The average Bonchev–Trinajstić information content (AvgIpc) is 3.47. The van der Waals surface area contributed by atoms with Crippen LogP contribution in [0.4, 0.5) is 0 Å². The molecule has 1 aliphatic heterocycles. The monoisotopic (exact) mass is 496 g/mol. The number of aromatic nitrogens is 2. The summed E-state index contributed by atoms with van der Waals surface area (Å²) in [7, 11) is 1.56. The number of aryl methyl sites for hydroxylation is 1. The fourth-order valence-electron chi connectivity index (χ4n) is 4.20. The molecule has 3 aromatic rings. The predicted octanol–water partition coefficient (Wildman–Crippen LogP) is 3.87. The third-order valence-electron chi connectivity index (χ3n) is 5.89. The summed E-state index contributed by atoms with van der Waals surface area (Å²) in [6.07, 6.45) is 6.15. The fourth-order valence-corrected chi connectivity index (χ4v) is 4.44. The second-order valence-corrected chi connectivity index (χ2v) is 8.45. The van der Waals surface area contributed by atoms with E-state index in [4.69, 9.17) is 21.1 Å². The standard InChI is InChI=1S/C26H26ClN3O5/c1-3-35-21-10-7-18(15-20(21)27)24(31)22-23(17-5-8-19(34-2)9-6-17)30(26(33)25(22)32)13-4-12-29-14-11-28-16-29/h5-11,14-16,23H,3-4,12-13H2,1-2H3,(H,31,32)/p+1. The number of carbonyl (C=O) groups is 2. The number of aliphatic hydroxyl groups excluding tert-OH is 1. The molecule has 2 aromatic carbocycles. The van der Waals surface area contributed by atoms with E-state index in [0.717, 1.165) is 0 Å². The molecule has 1 unspecified atom stereocenters. The number of hydrogen-bond donors (Lipinski definition) is 2. The van der Waals surface area contributed by atoms with Gasteiger partial charge in [0.1, 0.15) is 29.7 Å². The third kappa shape index (κ3) is 5.02. The lowest BCUT2D eigenvalue weighted by Crippen LogP contribution is -2.36. The molecule has 0 spiro atoms. The molecule has 9 heteroatoms. The van der Waals surface area contributed by atoms with E-state index >= 15 is 0 Å². The van der Waals surface area contributed by atoms with Crippen LogP contribution in [-0.2, 0) is 16.1 Å². The van der Waals surface area contributed by atoms with Crippen LogP contribution in [0.25, 0.3) is 5.76 Å². The third-order valence-corrected chi connectivity index (χ3v) is 6.19. The second kappa shape index (κ2) is 10.7. The van der Waals surface area contributed by atoms with E-state index in [9.17, 15) is 14.7 Å². The van der Waals surface area contributed by atoms with Crippen LogP contribution < -0.4 is 14.0 Å². The molecule has 2 heterocycles. The molecule has 0 saturated carbocycles. The molecule has 8 nitrogen and oxygen atoms in total. The Hall–Kier alpha value is -3.78. The number of Topliss-reactive ketones (excluding diaryl/α,β-unsaturated/α-hetero) is 1. The summed E-state index contributed by atoms with van der Waals surface area (Å²) in [6, 6.07) is 11.1. The Morgan fingerprint density at radius 2 is 1.97 bits per heavy atom. The number of likely N-dealkylation sites (tertiary alicyclic amines) is 1. The van der Waals surface area contributed by atoms with Crippen molar-refractivity contribution < 1.29 is 28.7 Å². The van der Waals surface area contributed by atoms with Crippen LogP contribution in [0.2, 0.25) is 5.02 Å². The van der Waals surface area contributed by atoms with Crippen molar-refractivity contribution in [3.05, 3.63) is 82.9 Å². The molecule has 1 saturated heterocycles. The molecule has 35 heavy (non-hydrogen) atoms. The minimum atomic E-state index is -0.748. The van der Waals surface area contributed by atoms with Crippen molar-refractivity contribution in [2.75, 3.05) is 20.3 Å². The summed E-state index contributed by atoms with van der Waals surface area (Å²) in [4.78, 5) is 30.8. The Balaban J connectivity index is 1.73. The average molecular weight is 497 g/mol. The Kier molecular flexibility index (Phi) is 7.41. The first kappa shape index (κ1) is 24.3. The van der Waals surface area contributed by atoms with E-state index in [2.05, 4.69) is 4.98 Å². The maximum absolute atomic E-state index is 13.2. The first-order valence-electron chi connectivity index (χ1n) is 11.3. The largest absolute Gasteiger partial charge is 0.507 e. The smallest absolute Gasteiger partial charge is 0.295 e. The van der Waals surface area contributed by atoms with Crippen LogP contribution in [0.15, 0.2) is 66.8 Å². The Morgan fingerprint density at radius 1 is 1.20 bits per heavy atom. The van der Waals surface area contributed by atoms with Crippen LogP contribution in [-0.4, -0.2) is 46.9 Å². The van der Waals surface area contributed by atoms with Crippen molar-refractivity contribution in [1.82, 2.24) is 9.88 Å². The summed E-state index contributed by atoms with van der Waals surface area (Å²) in [6.45, 7) is 3.28. The number of methoxy groups -OCH3 is 1. The van der Waals surface area contributed by atoms with E-state index in [0.29, 0.717) is 53.8 Å². The number of ketones is 1. The van der Waals surface area contributed by atoms with Gasteiger partial charge in [-0.25, -0.2) is 4.57 Å². The number of amides is 1. The van der Waals surface area contributed by atoms with Crippen LogP contribution in [0.1, 0.15) is 30.5 Å². The molecule has 0 bridgehead atoms. The molecule has 0 radical (unpaired) electrons. The predicted molar refractivity (Wildman–Crippen MR) is 130 cm³/mol. The van der Waals surface area contributed by atoms with Crippen molar-refractivity contribution in [2.24, 2.45) is 0 Å². The van der Waals surface area contributed by atoms with Crippen molar-refractivity contribution in [2.45, 2.75) is 25.9 Å². The van der Waals surface area contributed by atoms with Gasteiger partial charge in [-0.1, -0.05) is 23.7 Å². The maximum Gasteiger partial charge on any atom is 0.295 e. The van der Waals surface area contributed by atoms with Crippen molar-refractivity contribution in [1.29, 1.82) is 0 Å². The van der Waals surface area contributed by atoms with Gasteiger partial charge in [-0.2, -0.15) is 0 Å². The lowest BCUT2D eigenvalue weighted by atomic mass is 9.95. The number of carbonyl (C=O) groups excluding carboxylic acids is 2. The summed E-state index contributed by atoms with van der Waals surface area (Å²) in [5.74, 6) is -0.546. The van der Waals surface area contributed by atoms with Gasteiger partial charge in [-0.05, 0) is 42.8 Å².